The van der Waals surface area contributed by atoms with Crippen molar-refractivity contribution in [1.29, 1.82) is 0 Å². The lowest BCUT2D eigenvalue weighted by Gasteiger charge is -2.53. The smallest absolute Gasteiger partial charge is 0.338 e. The van der Waals surface area contributed by atoms with E-state index in [-0.39, 0.29) is 35.9 Å². The maximum absolute atomic E-state index is 13.3. The van der Waals surface area contributed by atoms with Crippen molar-refractivity contribution in [3.05, 3.63) is 34.6 Å². The fourth-order valence-corrected chi connectivity index (χ4v) is 6.17. The van der Waals surface area contributed by atoms with Gasteiger partial charge in [0.05, 0.1) is 23.7 Å². The van der Waals surface area contributed by atoms with Gasteiger partial charge in [-0.05, 0) is 31.8 Å². The highest BCUT2D eigenvalue weighted by Gasteiger charge is 2.64. The highest BCUT2D eigenvalue weighted by molar-refractivity contribution is 6.13. The Morgan fingerprint density at radius 3 is 2.62 bits per heavy atom. The van der Waals surface area contributed by atoms with Crippen molar-refractivity contribution in [3.63, 3.8) is 0 Å². The molecule has 156 valence electrons. The Labute approximate surface area is 169 Å². The molecule has 7 heteroatoms. The molecule has 7 nitrogen and oxygen atoms in total. The van der Waals surface area contributed by atoms with E-state index < -0.39 is 40.5 Å². The lowest BCUT2D eigenvalue weighted by Crippen LogP contribution is -2.56. The van der Waals surface area contributed by atoms with Gasteiger partial charge in [0, 0.05) is 36.0 Å². The number of cyclic esters (lactones) is 1. The molecule has 0 aromatic heterocycles. The first kappa shape index (κ1) is 20.0. The zero-order chi connectivity index (χ0) is 21.3. The van der Waals surface area contributed by atoms with Gasteiger partial charge in [-0.2, -0.15) is 0 Å². The van der Waals surface area contributed by atoms with Crippen molar-refractivity contribution < 1.29 is 34.1 Å². The summed E-state index contributed by atoms with van der Waals surface area (Å²) in [7, 11) is 1.46. The molecule has 0 bridgehead atoms. The Kier molecular flexibility index (Phi) is 4.40. The van der Waals surface area contributed by atoms with Crippen LogP contribution in [-0.2, 0) is 23.9 Å². The zero-order valence-corrected chi connectivity index (χ0v) is 16.9. The quantitative estimate of drug-likeness (QED) is 0.548. The normalized spacial score (nSPS) is 39.4. The van der Waals surface area contributed by atoms with E-state index in [0.717, 1.165) is 0 Å². The number of ketones is 2. The molecule has 2 fully saturated rings. The second-order valence-corrected chi connectivity index (χ2v) is 8.65. The van der Waals surface area contributed by atoms with Crippen molar-refractivity contribution in [1.82, 2.24) is 0 Å². The molecule has 0 radical (unpaired) electrons. The molecule has 0 aromatic carbocycles. The minimum Gasteiger partial charge on any atom is -0.504 e. The summed E-state index contributed by atoms with van der Waals surface area (Å²) in [4.78, 5) is 38.4. The second kappa shape index (κ2) is 6.37. The number of hydrogen-bond acceptors (Lipinski definition) is 7. The Bertz CT molecular complexity index is 910. The number of Topliss-reactive ketones (excluding diaryl/α,β-unsaturated/α-hetero) is 2. The van der Waals surface area contributed by atoms with E-state index in [1.54, 1.807) is 6.92 Å². The molecule has 3 aliphatic carbocycles. The standard InChI is InChI=1S/C22H26O7/c1-5-22-8-12(23)17-15(11(22)6-7-13(22)24)18(25)19(26)16-10(2)20(27)29-14(9-28-4)21(16,17)3/h11-12,14,23,26H,2,5-9H2,1,3-4H3/t11?,12-,14-,21+,22+/m1/s1. The van der Waals surface area contributed by atoms with Crippen molar-refractivity contribution in [2.24, 2.45) is 16.7 Å². The number of ether oxygens (including phenoxy) is 2. The number of carbonyl (C=O) groups excluding carboxylic acids is 3. The third-order valence-electron chi connectivity index (χ3n) is 7.58. The van der Waals surface area contributed by atoms with Crippen molar-refractivity contribution in [2.45, 2.75) is 51.7 Å². The third-order valence-corrected chi connectivity index (χ3v) is 7.58. The monoisotopic (exact) mass is 402 g/mol. The average molecular weight is 402 g/mol. The Morgan fingerprint density at radius 1 is 1.31 bits per heavy atom. The molecule has 5 atom stereocenters. The predicted octanol–water partition coefficient (Wildman–Crippen LogP) is 1.95. The van der Waals surface area contributed by atoms with Crippen LogP contribution in [0.3, 0.4) is 0 Å². The number of methoxy groups -OCH3 is 1. The topological polar surface area (TPSA) is 110 Å². The number of fused-ring (bicyclic) bond motifs is 4. The van der Waals surface area contributed by atoms with Gasteiger partial charge in [0.25, 0.3) is 0 Å². The van der Waals surface area contributed by atoms with Crippen LogP contribution in [0.1, 0.15) is 39.5 Å². The van der Waals surface area contributed by atoms with Crippen LogP contribution in [0, 0.1) is 16.7 Å². The van der Waals surface area contributed by atoms with Crippen LogP contribution in [0.25, 0.3) is 0 Å². The third kappa shape index (κ3) is 2.28. The second-order valence-electron chi connectivity index (χ2n) is 8.65. The number of allylic oxidation sites excluding steroid dienone is 1. The first-order valence-electron chi connectivity index (χ1n) is 9.98. The molecule has 4 aliphatic rings. The summed E-state index contributed by atoms with van der Waals surface area (Å²) in [6, 6.07) is 0. The van der Waals surface area contributed by atoms with Crippen LogP contribution in [0.5, 0.6) is 0 Å². The molecule has 4 rings (SSSR count). The molecular formula is C22H26O7. The van der Waals surface area contributed by atoms with Crippen LogP contribution in [0.2, 0.25) is 0 Å². The number of esters is 1. The van der Waals surface area contributed by atoms with Crippen molar-refractivity contribution in [2.75, 3.05) is 13.7 Å². The molecule has 1 heterocycles. The van der Waals surface area contributed by atoms with E-state index in [1.165, 1.54) is 7.11 Å². The van der Waals surface area contributed by atoms with Gasteiger partial charge in [0.2, 0.25) is 5.78 Å². The minimum absolute atomic E-state index is 0.0203. The first-order valence-corrected chi connectivity index (χ1v) is 9.98. The van der Waals surface area contributed by atoms with E-state index in [0.29, 0.717) is 30.4 Å². The highest BCUT2D eigenvalue weighted by atomic mass is 16.6. The molecule has 0 aromatic rings. The minimum atomic E-state index is -1.17. The van der Waals surface area contributed by atoms with Gasteiger partial charge >= 0.3 is 5.97 Å². The molecule has 1 unspecified atom stereocenters. The number of aliphatic hydroxyl groups excluding tert-OH is 2. The van der Waals surface area contributed by atoms with E-state index in [9.17, 15) is 24.6 Å². The Balaban J connectivity index is 2.00. The lowest BCUT2D eigenvalue weighted by molar-refractivity contribution is -0.157. The van der Waals surface area contributed by atoms with Crippen LogP contribution in [-0.4, -0.2) is 53.7 Å². The summed E-state index contributed by atoms with van der Waals surface area (Å²) in [5.41, 5.74) is -1.26. The zero-order valence-electron chi connectivity index (χ0n) is 16.9. The lowest BCUT2D eigenvalue weighted by atomic mass is 9.52. The number of aliphatic hydroxyl groups is 2. The van der Waals surface area contributed by atoms with Gasteiger partial charge in [-0.3, -0.25) is 9.59 Å². The van der Waals surface area contributed by atoms with Crippen molar-refractivity contribution >= 4 is 17.5 Å². The molecular weight excluding hydrogens is 376 g/mol. The Hall–Kier alpha value is -2.25. The number of rotatable bonds is 3. The van der Waals surface area contributed by atoms with Crippen LogP contribution in [0.4, 0.5) is 0 Å². The summed E-state index contributed by atoms with van der Waals surface area (Å²) >= 11 is 0. The number of hydrogen-bond donors (Lipinski definition) is 2. The largest absolute Gasteiger partial charge is 0.504 e. The molecule has 1 saturated carbocycles. The van der Waals surface area contributed by atoms with Gasteiger partial charge in [-0.25, -0.2) is 4.79 Å². The van der Waals surface area contributed by atoms with Gasteiger partial charge < -0.3 is 19.7 Å². The molecule has 29 heavy (non-hydrogen) atoms. The Morgan fingerprint density at radius 2 is 2.00 bits per heavy atom. The van der Waals surface area contributed by atoms with Crippen LogP contribution in [0.15, 0.2) is 34.6 Å². The molecule has 0 amide bonds. The van der Waals surface area contributed by atoms with Gasteiger partial charge in [0.15, 0.2) is 5.76 Å². The van der Waals surface area contributed by atoms with Gasteiger partial charge in [-0.1, -0.05) is 13.5 Å². The van der Waals surface area contributed by atoms with E-state index in [4.69, 9.17) is 9.47 Å². The molecule has 2 N–H and O–H groups in total. The molecule has 0 spiro atoms. The maximum atomic E-state index is 13.3. The summed E-state index contributed by atoms with van der Waals surface area (Å²) < 4.78 is 10.8. The first-order chi connectivity index (χ1) is 13.6. The van der Waals surface area contributed by atoms with Crippen LogP contribution < -0.4 is 0 Å². The fraction of sp³-hybridized carbons (Fsp3) is 0.591. The summed E-state index contributed by atoms with van der Waals surface area (Å²) in [5.74, 6) is -2.23. The predicted molar refractivity (Wildman–Crippen MR) is 102 cm³/mol. The van der Waals surface area contributed by atoms with E-state index >= 15 is 0 Å². The molecule has 1 saturated heterocycles. The number of carbonyl (C=O) groups is 3. The summed E-state index contributed by atoms with van der Waals surface area (Å²) in [5, 5.41) is 22.1. The van der Waals surface area contributed by atoms with E-state index in [2.05, 4.69) is 6.58 Å². The van der Waals surface area contributed by atoms with Crippen LogP contribution >= 0.6 is 0 Å². The van der Waals surface area contributed by atoms with Gasteiger partial charge in [0.1, 0.15) is 11.9 Å². The highest BCUT2D eigenvalue weighted by Crippen LogP contribution is 2.62. The van der Waals surface area contributed by atoms with E-state index in [1.807, 2.05) is 6.92 Å². The maximum Gasteiger partial charge on any atom is 0.338 e. The SMILES string of the molecule is C=C1C(=O)O[C@H](COC)[C@@]2(C)C1=C(O)C(=O)C1=C2[C@H](O)C[C@]2(CC)C(=O)CCC12. The summed E-state index contributed by atoms with van der Waals surface area (Å²) in [6.07, 6.45) is -0.367. The van der Waals surface area contributed by atoms with Gasteiger partial charge in [-0.15, -0.1) is 0 Å². The fourth-order valence-electron chi connectivity index (χ4n) is 6.17. The summed E-state index contributed by atoms with van der Waals surface area (Å²) in [6.45, 7) is 7.38. The van der Waals surface area contributed by atoms with Crippen molar-refractivity contribution in [3.8, 4) is 0 Å². The molecule has 1 aliphatic heterocycles. The average Bonchev–Trinajstić information content (AvgIpc) is 3.00.